The molecule has 0 spiro atoms. The molecule has 28 heteroatoms. The average Bonchev–Trinajstić information content (AvgIpc) is 4.03. The maximum absolute atomic E-state index is 14.1. The first-order valence-corrected chi connectivity index (χ1v) is 26.1. The van der Waals surface area contributed by atoms with Gasteiger partial charge in [0.1, 0.15) is 48.3 Å². The summed E-state index contributed by atoms with van der Waals surface area (Å²) in [6, 6.07) is -5.17. The number of carbonyl (C=O) groups is 11. The Morgan fingerprint density at radius 1 is 0.766 bits per heavy atom. The van der Waals surface area contributed by atoms with E-state index < -0.39 is 151 Å². The molecule has 77 heavy (non-hydrogen) atoms. The van der Waals surface area contributed by atoms with E-state index in [-0.39, 0.29) is 43.9 Å². The Morgan fingerprint density at radius 2 is 1.38 bits per heavy atom. The summed E-state index contributed by atoms with van der Waals surface area (Å²) >= 11 is 4.13. The number of aliphatic carboxylic acids is 1. The largest absolute Gasteiger partial charge is 0.480 e. The molecule has 18 N–H and O–H groups in total. The van der Waals surface area contributed by atoms with Gasteiger partial charge in [-0.3, -0.25) is 47.9 Å². The SMILES string of the molecule is CC(C)C[C@H](NC(=O)[C@@H](NC(=O)CNC(=O)[C@H](CS)NC(=O)[C@@H](NC(=O)[C@H](CO)NC(=O)[C@@H]1CCCN1C(=O)[C@@H](N)CC(N)=O)[C@@H](C)O)C(C)C)C(=O)N[C@@H](Cc1c[nH]c2ccccc12)C(=O)N[C@@H](CCCCN)C(=O)O. The lowest BCUT2D eigenvalue weighted by molar-refractivity contribution is -0.142. The standard InChI is InChI=1S/C49H77N13O14S/c1-24(2)17-32(42(68)56-33(18-27-20-53-30-12-7-6-11-28(27)30)43(69)55-31(49(75)76)13-8-9-15-50)57-46(72)39(25(3)4)60-38(66)21-54-41(67)35(23-77)59-47(73)40(26(5)64)61-44(70)34(22-63)58-45(71)36-14-10-16-62(36)48(74)29(51)19-37(52)65/h6-7,11-12,20,24-26,29,31-36,39-40,53,63-64,77H,8-10,13-19,21-23,50-51H2,1-5H3,(H2,52,65)(H,54,67)(H,55,69)(H,56,68)(H,57,72)(H,58,71)(H,59,73)(H,60,66)(H,61,70)(H,75,76)/t26-,29+,31+,32+,33+,34+,35+,36+,39+,40+/m1/s1. The van der Waals surface area contributed by atoms with Crippen LogP contribution in [0, 0.1) is 11.8 Å². The summed E-state index contributed by atoms with van der Waals surface area (Å²) < 4.78 is 0. The van der Waals surface area contributed by atoms with Crippen LogP contribution in [0.2, 0.25) is 0 Å². The number of likely N-dealkylation sites (tertiary alicyclic amines) is 1. The number of nitrogens with two attached hydrogens (primary N) is 3. The molecule has 1 saturated heterocycles. The molecule has 428 valence electrons. The van der Waals surface area contributed by atoms with Crippen molar-refractivity contribution >= 4 is 88.6 Å². The van der Waals surface area contributed by atoms with Crippen LogP contribution in [0.15, 0.2) is 30.5 Å². The van der Waals surface area contributed by atoms with Crippen molar-refractivity contribution in [3.8, 4) is 0 Å². The predicted octanol–water partition coefficient (Wildman–Crippen LogP) is -4.37. The van der Waals surface area contributed by atoms with Crippen molar-refractivity contribution in [3.63, 3.8) is 0 Å². The first-order valence-electron chi connectivity index (χ1n) is 25.4. The Kier molecular flexibility index (Phi) is 26.2. The predicted molar refractivity (Wildman–Crippen MR) is 283 cm³/mol. The Labute approximate surface area is 451 Å². The first-order chi connectivity index (χ1) is 36.3. The van der Waals surface area contributed by atoms with Gasteiger partial charge in [0.15, 0.2) is 0 Å². The highest BCUT2D eigenvalue weighted by atomic mass is 32.1. The van der Waals surface area contributed by atoms with Gasteiger partial charge in [-0.25, -0.2) is 4.79 Å². The van der Waals surface area contributed by atoms with Gasteiger partial charge in [0.2, 0.25) is 59.1 Å². The van der Waals surface area contributed by atoms with Crippen molar-refractivity contribution in [2.75, 3.05) is 32.0 Å². The number of fused-ring (bicyclic) bond motifs is 1. The van der Waals surface area contributed by atoms with Crippen molar-refractivity contribution in [2.24, 2.45) is 29.0 Å². The lowest BCUT2D eigenvalue weighted by Crippen LogP contribution is -2.62. The Bertz CT molecular complexity index is 2400. The number of amides is 10. The number of thiol groups is 1. The van der Waals surface area contributed by atoms with E-state index in [1.807, 2.05) is 18.2 Å². The van der Waals surface area contributed by atoms with Crippen molar-refractivity contribution in [2.45, 2.75) is 146 Å². The third kappa shape index (κ3) is 19.9. The molecule has 1 aromatic carbocycles. The fourth-order valence-electron chi connectivity index (χ4n) is 8.44. The molecule has 0 saturated carbocycles. The Morgan fingerprint density at radius 3 is 1.97 bits per heavy atom. The molecule has 1 aliphatic rings. The van der Waals surface area contributed by atoms with Gasteiger partial charge < -0.3 is 84.9 Å². The number of carbonyl (C=O) groups excluding carboxylic acids is 10. The number of aliphatic hydroxyl groups excluding tert-OH is 2. The topological polar surface area (TPSA) is 442 Å². The molecule has 27 nitrogen and oxygen atoms in total. The number of nitrogens with zero attached hydrogens (tertiary/aromatic N) is 1. The zero-order valence-corrected chi connectivity index (χ0v) is 44.9. The minimum absolute atomic E-state index is 0.0528. The maximum Gasteiger partial charge on any atom is 0.326 e. The molecule has 1 aromatic heterocycles. The number of unbranched alkanes of at least 4 members (excludes halogenated alkanes) is 1. The van der Waals surface area contributed by atoms with Crippen molar-refractivity contribution in [1.82, 2.24) is 52.4 Å². The lowest BCUT2D eigenvalue weighted by Gasteiger charge is -2.29. The van der Waals surface area contributed by atoms with Crippen LogP contribution < -0.4 is 59.7 Å². The van der Waals surface area contributed by atoms with Gasteiger partial charge in [-0.15, -0.1) is 0 Å². The van der Waals surface area contributed by atoms with Gasteiger partial charge in [-0.1, -0.05) is 45.9 Å². The molecule has 3 rings (SSSR count). The second-order valence-electron chi connectivity index (χ2n) is 19.7. The molecular formula is C49H77N13O14S. The molecule has 10 atom stereocenters. The molecule has 2 aromatic rings. The number of carboxylic acids is 1. The number of carboxylic acid groups (broad SMARTS) is 1. The lowest BCUT2D eigenvalue weighted by atomic mass is 9.98. The van der Waals surface area contributed by atoms with Crippen LogP contribution in [0.1, 0.15) is 85.1 Å². The van der Waals surface area contributed by atoms with Crippen LogP contribution in [-0.4, -0.2) is 183 Å². The quantitative estimate of drug-likeness (QED) is 0.0243. The summed E-state index contributed by atoms with van der Waals surface area (Å²) in [5, 5.41) is 50.9. The smallest absolute Gasteiger partial charge is 0.326 e. The number of para-hydroxylation sites is 1. The number of benzene rings is 1. The zero-order valence-electron chi connectivity index (χ0n) is 44.0. The molecule has 10 amide bonds. The van der Waals surface area contributed by atoms with Crippen LogP contribution in [0.5, 0.6) is 0 Å². The minimum atomic E-state index is -1.77. The number of H-pyrrole nitrogens is 1. The van der Waals surface area contributed by atoms with Gasteiger partial charge >= 0.3 is 5.97 Å². The summed E-state index contributed by atoms with van der Waals surface area (Å²) in [6.45, 7) is 6.71. The highest BCUT2D eigenvalue weighted by Crippen LogP contribution is 2.21. The Balaban J connectivity index is 1.67. The van der Waals surface area contributed by atoms with Crippen molar-refractivity contribution in [3.05, 3.63) is 36.0 Å². The van der Waals surface area contributed by atoms with Crippen molar-refractivity contribution < 1.29 is 68.1 Å². The number of aromatic amines is 1. The number of aliphatic hydroxyl groups is 2. The molecular weight excluding hydrogens is 1030 g/mol. The third-order valence-electron chi connectivity index (χ3n) is 12.6. The van der Waals surface area contributed by atoms with Crippen LogP contribution in [-0.2, 0) is 59.2 Å². The van der Waals surface area contributed by atoms with Crippen LogP contribution in [0.4, 0.5) is 0 Å². The van der Waals surface area contributed by atoms with E-state index in [2.05, 4.69) is 60.1 Å². The molecule has 0 aliphatic carbocycles. The van der Waals surface area contributed by atoms with E-state index in [9.17, 15) is 68.1 Å². The van der Waals surface area contributed by atoms with E-state index in [0.717, 1.165) is 22.7 Å². The van der Waals surface area contributed by atoms with Crippen LogP contribution in [0.25, 0.3) is 10.9 Å². The summed E-state index contributed by atoms with van der Waals surface area (Å²) in [5.41, 5.74) is 17.9. The average molecular weight is 1100 g/mol. The van der Waals surface area contributed by atoms with Gasteiger partial charge in [0, 0.05) is 35.8 Å². The van der Waals surface area contributed by atoms with Crippen LogP contribution >= 0.6 is 12.6 Å². The normalized spacial score (nSPS) is 16.8. The molecule has 2 heterocycles. The van der Waals surface area contributed by atoms with E-state index in [1.165, 1.54) is 0 Å². The van der Waals surface area contributed by atoms with E-state index >= 15 is 0 Å². The third-order valence-corrected chi connectivity index (χ3v) is 13.0. The fourth-order valence-corrected chi connectivity index (χ4v) is 8.69. The second kappa shape index (κ2) is 31.4. The summed E-state index contributed by atoms with van der Waals surface area (Å²) in [6.07, 6.45) is 1.22. The summed E-state index contributed by atoms with van der Waals surface area (Å²) in [7, 11) is 0. The van der Waals surface area contributed by atoms with Gasteiger partial charge in [0.25, 0.3) is 0 Å². The number of primary amides is 1. The molecule has 0 radical (unpaired) electrons. The van der Waals surface area contributed by atoms with Crippen molar-refractivity contribution in [1.29, 1.82) is 0 Å². The number of hydrogen-bond donors (Lipinski definition) is 16. The molecule has 1 aliphatic heterocycles. The van der Waals surface area contributed by atoms with Crippen LogP contribution in [0.3, 0.4) is 0 Å². The summed E-state index contributed by atoms with van der Waals surface area (Å²) in [5.74, 6) is -11.1. The fraction of sp³-hybridized carbons (Fsp3) is 0.612. The molecule has 0 unspecified atom stereocenters. The molecule has 0 bridgehead atoms. The van der Waals surface area contributed by atoms with E-state index in [4.69, 9.17) is 17.2 Å². The number of aromatic nitrogens is 1. The number of nitrogens with one attached hydrogen (secondary N) is 9. The van der Waals surface area contributed by atoms with Gasteiger partial charge in [-0.05, 0) is 75.5 Å². The summed E-state index contributed by atoms with van der Waals surface area (Å²) in [4.78, 5) is 149. The number of rotatable bonds is 32. The monoisotopic (exact) mass is 1100 g/mol. The highest BCUT2D eigenvalue weighted by Gasteiger charge is 2.39. The van der Waals surface area contributed by atoms with E-state index in [0.29, 0.717) is 31.4 Å². The van der Waals surface area contributed by atoms with E-state index in [1.54, 1.807) is 40.0 Å². The second-order valence-corrected chi connectivity index (χ2v) is 20.1. The van der Waals surface area contributed by atoms with Gasteiger partial charge in [-0.2, -0.15) is 12.6 Å². The zero-order chi connectivity index (χ0) is 57.7. The highest BCUT2D eigenvalue weighted by molar-refractivity contribution is 7.80. The first kappa shape index (κ1) is 64.4. The maximum atomic E-state index is 14.1. The number of hydrogen-bond acceptors (Lipinski definition) is 16. The Hall–Kier alpha value is -6.88. The minimum Gasteiger partial charge on any atom is -0.480 e. The molecule has 1 fully saturated rings. The van der Waals surface area contributed by atoms with Gasteiger partial charge in [0.05, 0.1) is 31.7 Å².